The molecule has 2 aliphatic rings. The van der Waals surface area contributed by atoms with Crippen LogP contribution in [0, 0.1) is 5.92 Å². The van der Waals surface area contributed by atoms with Gasteiger partial charge in [0.2, 0.25) is 5.91 Å². The van der Waals surface area contributed by atoms with Gasteiger partial charge >= 0.3 is 0 Å². The summed E-state index contributed by atoms with van der Waals surface area (Å²) in [5, 5.41) is 2.96. The van der Waals surface area contributed by atoms with Crippen molar-refractivity contribution >= 4 is 21.8 Å². The summed E-state index contributed by atoms with van der Waals surface area (Å²) in [5.74, 6) is 0.238. The van der Waals surface area contributed by atoms with Gasteiger partial charge in [-0.2, -0.15) is 8.42 Å². The highest BCUT2D eigenvalue weighted by atomic mass is 32.2. The van der Waals surface area contributed by atoms with E-state index >= 15 is 0 Å². The summed E-state index contributed by atoms with van der Waals surface area (Å²) in [6.07, 6.45) is 4.98. The molecule has 0 radical (unpaired) electrons. The standard InChI is InChI=1S/C19H20N4O3S/c24-19(21-12-14-7-9-20-10-8-14)15-4-3-11-23(13-15)18-16-5-1-2-6-17(16)27(25,26)22-18/h1-2,5-10,15H,3-4,11-13H2,(H,21,24). The number of likely N-dealkylation sites (tertiary alicyclic amines) is 1. The predicted octanol–water partition coefficient (Wildman–Crippen LogP) is 1.56. The highest BCUT2D eigenvalue weighted by molar-refractivity contribution is 7.90. The first-order chi connectivity index (χ1) is 13.0. The van der Waals surface area contributed by atoms with E-state index in [1.807, 2.05) is 17.0 Å². The van der Waals surface area contributed by atoms with Crippen LogP contribution in [-0.4, -0.2) is 43.1 Å². The van der Waals surface area contributed by atoms with Crippen molar-refractivity contribution in [3.05, 3.63) is 59.9 Å². The van der Waals surface area contributed by atoms with Gasteiger partial charge in [-0.1, -0.05) is 12.1 Å². The van der Waals surface area contributed by atoms with Crippen molar-refractivity contribution in [2.24, 2.45) is 10.3 Å². The average Bonchev–Trinajstić information content (AvgIpc) is 2.98. The minimum Gasteiger partial charge on any atom is -0.355 e. The second kappa shape index (κ2) is 7.11. The monoisotopic (exact) mass is 384 g/mol. The van der Waals surface area contributed by atoms with E-state index in [1.165, 1.54) is 0 Å². The van der Waals surface area contributed by atoms with Gasteiger partial charge in [0.1, 0.15) is 4.90 Å². The molecule has 1 atom stereocenters. The number of rotatable bonds is 3. The number of nitrogens with zero attached hydrogens (tertiary/aromatic N) is 3. The molecule has 0 saturated carbocycles. The van der Waals surface area contributed by atoms with Crippen molar-refractivity contribution in [1.29, 1.82) is 0 Å². The number of amides is 1. The second-order valence-electron chi connectivity index (χ2n) is 6.74. The largest absolute Gasteiger partial charge is 0.355 e. The number of nitrogens with one attached hydrogen (secondary N) is 1. The molecule has 0 aliphatic carbocycles. The minimum atomic E-state index is -3.65. The van der Waals surface area contributed by atoms with Gasteiger partial charge in [0.25, 0.3) is 10.0 Å². The van der Waals surface area contributed by atoms with E-state index in [0.717, 1.165) is 18.4 Å². The fraction of sp³-hybridized carbons (Fsp3) is 0.316. The van der Waals surface area contributed by atoms with Gasteiger partial charge in [0.15, 0.2) is 5.84 Å². The Balaban J connectivity index is 1.47. The number of hydrogen-bond donors (Lipinski definition) is 1. The molecule has 2 aliphatic heterocycles. The van der Waals surface area contributed by atoms with Crippen molar-refractivity contribution in [2.45, 2.75) is 24.3 Å². The summed E-state index contributed by atoms with van der Waals surface area (Å²) in [6, 6.07) is 10.6. The van der Waals surface area contributed by atoms with Gasteiger partial charge in [-0.15, -0.1) is 4.40 Å². The van der Waals surface area contributed by atoms with E-state index < -0.39 is 10.0 Å². The van der Waals surface area contributed by atoms with Gasteiger partial charge < -0.3 is 10.2 Å². The summed E-state index contributed by atoms with van der Waals surface area (Å²) in [5.41, 5.74) is 1.61. The van der Waals surface area contributed by atoms with Crippen LogP contribution in [0.5, 0.6) is 0 Å². The van der Waals surface area contributed by atoms with Crippen LogP contribution in [0.3, 0.4) is 0 Å². The number of piperidine rings is 1. The number of aromatic nitrogens is 1. The molecule has 1 unspecified atom stereocenters. The van der Waals surface area contributed by atoms with E-state index in [2.05, 4.69) is 14.7 Å². The van der Waals surface area contributed by atoms with Crippen LogP contribution < -0.4 is 5.32 Å². The third-order valence-electron chi connectivity index (χ3n) is 4.92. The van der Waals surface area contributed by atoms with E-state index in [9.17, 15) is 13.2 Å². The number of carbonyl (C=O) groups excluding carboxylic acids is 1. The van der Waals surface area contributed by atoms with Gasteiger partial charge in [0, 0.05) is 37.6 Å². The lowest BCUT2D eigenvalue weighted by atomic mass is 9.96. The molecule has 1 amide bonds. The molecule has 1 saturated heterocycles. The molecule has 1 aromatic carbocycles. The van der Waals surface area contributed by atoms with Crippen LogP contribution in [0.2, 0.25) is 0 Å². The van der Waals surface area contributed by atoms with Gasteiger partial charge in [-0.05, 0) is 42.7 Å². The molecule has 0 spiro atoms. The summed E-state index contributed by atoms with van der Waals surface area (Å²) in [6.45, 7) is 1.61. The third kappa shape index (κ3) is 3.57. The van der Waals surface area contributed by atoms with E-state index in [1.54, 1.807) is 36.7 Å². The van der Waals surface area contributed by atoms with E-state index in [4.69, 9.17) is 0 Å². The van der Waals surface area contributed by atoms with E-state index in [0.29, 0.717) is 31.0 Å². The Hall–Kier alpha value is -2.74. The first kappa shape index (κ1) is 17.7. The van der Waals surface area contributed by atoms with Crippen LogP contribution in [0.1, 0.15) is 24.0 Å². The Morgan fingerprint density at radius 1 is 1.19 bits per heavy atom. The Morgan fingerprint density at radius 3 is 2.78 bits per heavy atom. The van der Waals surface area contributed by atoms with Crippen LogP contribution in [0.4, 0.5) is 0 Å². The Kier molecular flexibility index (Phi) is 4.65. The zero-order valence-corrected chi connectivity index (χ0v) is 15.5. The fourth-order valence-electron chi connectivity index (χ4n) is 3.53. The number of carbonyl (C=O) groups is 1. The number of benzene rings is 1. The highest BCUT2D eigenvalue weighted by Crippen LogP contribution is 2.29. The smallest absolute Gasteiger partial charge is 0.285 e. The SMILES string of the molecule is O=C(NCc1ccncc1)C1CCCN(C2=NS(=O)(=O)c3ccccc32)C1. The molecule has 7 nitrogen and oxygen atoms in total. The highest BCUT2D eigenvalue weighted by Gasteiger charge is 2.35. The predicted molar refractivity (Wildman–Crippen MR) is 101 cm³/mol. The van der Waals surface area contributed by atoms with Crippen molar-refractivity contribution in [1.82, 2.24) is 15.2 Å². The van der Waals surface area contributed by atoms with Crippen LogP contribution in [0.15, 0.2) is 58.1 Å². The molecule has 3 heterocycles. The fourth-order valence-corrected chi connectivity index (χ4v) is 4.76. The number of sulfonamides is 1. The molecular formula is C19H20N4O3S. The first-order valence-corrected chi connectivity index (χ1v) is 10.3. The van der Waals surface area contributed by atoms with E-state index in [-0.39, 0.29) is 16.7 Å². The average molecular weight is 384 g/mol. The lowest BCUT2D eigenvalue weighted by Gasteiger charge is -2.33. The molecule has 1 aromatic heterocycles. The molecule has 8 heteroatoms. The quantitative estimate of drug-likeness (QED) is 0.867. The summed E-state index contributed by atoms with van der Waals surface area (Å²) in [7, 11) is -3.65. The van der Waals surface area contributed by atoms with Crippen LogP contribution in [-0.2, 0) is 21.4 Å². The van der Waals surface area contributed by atoms with Crippen LogP contribution >= 0.6 is 0 Å². The van der Waals surface area contributed by atoms with Crippen molar-refractivity contribution < 1.29 is 13.2 Å². The molecule has 1 N–H and O–H groups in total. The first-order valence-electron chi connectivity index (χ1n) is 8.90. The lowest BCUT2D eigenvalue weighted by molar-refractivity contribution is -0.126. The molecule has 0 bridgehead atoms. The maximum atomic E-state index is 12.6. The zero-order chi connectivity index (χ0) is 18.9. The Labute approximate surface area is 158 Å². The molecule has 4 rings (SSSR count). The maximum Gasteiger partial charge on any atom is 0.285 e. The second-order valence-corrected chi connectivity index (χ2v) is 8.32. The third-order valence-corrected chi connectivity index (χ3v) is 6.25. The van der Waals surface area contributed by atoms with Crippen molar-refractivity contribution in [2.75, 3.05) is 13.1 Å². The number of pyridine rings is 1. The van der Waals surface area contributed by atoms with Gasteiger partial charge in [-0.25, -0.2) is 0 Å². The number of fused-ring (bicyclic) bond motifs is 1. The van der Waals surface area contributed by atoms with Crippen LogP contribution in [0.25, 0.3) is 0 Å². The number of hydrogen-bond acceptors (Lipinski definition) is 5. The summed E-state index contributed by atoms with van der Waals surface area (Å²) < 4.78 is 28.5. The molecular weight excluding hydrogens is 364 g/mol. The molecule has 1 fully saturated rings. The Bertz CT molecular complexity index is 989. The molecule has 2 aromatic rings. The Morgan fingerprint density at radius 2 is 1.96 bits per heavy atom. The van der Waals surface area contributed by atoms with Crippen molar-refractivity contribution in [3.8, 4) is 0 Å². The zero-order valence-electron chi connectivity index (χ0n) is 14.7. The summed E-state index contributed by atoms with van der Waals surface area (Å²) >= 11 is 0. The normalized spacial score (nSPS) is 20.7. The molecule has 140 valence electrons. The molecule has 27 heavy (non-hydrogen) atoms. The minimum absolute atomic E-state index is 0.0220. The van der Waals surface area contributed by atoms with Gasteiger partial charge in [0.05, 0.1) is 5.92 Å². The van der Waals surface area contributed by atoms with Gasteiger partial charge in [-0.3, -0.25) is 9.78 Å². The lowest BCUT2D eigenvalue weighted by Crippen LogP contribution is -2.45. The number of amidine groups is 1. The topological polar surface area (TPSA) is 91.7 Å². The van der Waals surface area contributed by atoms with Crippen molar-refractivity contribution in [3.63, 3.8) is 0 Å². The summed E-state index contributed by atoms with van der Waals surface area (Å²) in [4.78, 5) is 18.7. The maximum absolute atomic E-state index is 12.6.